The summed E-state index contributed by atoms with van der Waals surface area (Å²) in [5.41, 5.74) is 3.75. The Hall–Kier alpha value is -5.79. The van der Waals surface area contributed by atoms with E-state index < -0.39 is 22.0 Å². The Labute approximate surface area is 297 Å². The number of non-ortho nitro benzene ring substituents is 1. The molecule has 4 aromatic carbocycles. The lowest BCUT2D eigenvalue weighted by atomic mass is 10.1. The molecule has 0 aliphatic rings. The van der Waals surface area contributed by atoms with Gasteiger partial charge in [-0.25, -0.2) is 4.98 Å². The van der Waals surface area contributed by atoms with Crippen molar-refractivity contribution in [3.63, 3.8) is 0 Å². The van der Waals surface area contributed by atoms with E-state index >= 15 is 0 Å². The number of benzene rings is 4. The molecule has 3 amide bonds. The van der Waals surface area contributed by atoms with Crippen molar-refractivity contribution in [1.29, 1.82) is 0 Å². The minimum absolute atomic E-state index is 0.0407. The van der Waals surface area contributed by atoms with Gasteiger partial charge in [0.2, 0.25) is 5.91 Å². The number of hydrogen-bond acceptors (Lipinski definition) is 9. The van der Waals surface area contributed by atoms with Gasteiger partial charge in [-0.2, -0.15) is 0 Å². The lowest BCUT2D eigenvalue weighted by Crippen LogP contribution is -2.30. The Morgan fingerprint density at radius 3 is 2.38 bits per heavy atom. The molecule has 0 radical (unpaired) electrons. The van der Waals surface area contributed by atoms with Crippen LogP contribution in [0.3, 0.4) is 0 Å². The summed E-state index contributed by atoms with van der Waals surface area (Å²) in [6.07, 6.45) is 2.13. The van der Waals surface area contributed by atoms with Gasteiger partial charge in [0.1, 0.15) is 5.70 Å². The largest absolute Gasteiger partial charge is 0.378 e. The van der Waals surface area contributed by atoms with Crippen LogP contribution in [0.1, 0.15) is 29.3 Å². The number of carbonyl (C=O) groups excluding carboxylic acids is 3. The summed E-state index contributed by atoms with van der Waals surface area (Å²) in [5, 5.41) is 21.3. The summed E-state index contributed by atoms with van der Waals surface area (Å²) in [6, 6.07) is 29.5. The van der Waals surface area contributed by atoms with Crippen molar-refractivity contribution >= 4 is 69.1 Å². The van der Waals surface area contributed by atoms with Gasteiger partial charge >= 0.3 is 0 Å². The second-order valence-corrected chi connectivity index (χ2v) is 13.3. The first-order valence-corrected chi connectivity index (χ1v) is 17.3. The predicted octanol–water partition coefficient (Wildman–Crippen LogP) is 7.70. The summed E-state index contributed by atoms with van der Waals surface area (Å²) in [4.78, 5) is 57.8. The van der Waals surface area contributed by atoms with E-state index in [9.17, 15) is 24.5 Å². The standard InChI is InChI=1S/C37H34N6O5S2/c1-4-33(36(46)41-37-40-32(23-49-37)26-12-8-14-29(21-26)43(47)48)50-30-15-9-13-27(22-30)38-35(45)31(39-34(44)25-10-6-5-7-11-25)20-24-16-18-28(19-17-24)42(2)3/h5-23,33H,4H2,1-3H3,(H,38,45)(H,39,44)(H,40,41,46)/b31-20+. The van der Waals surface area contributed by atoms with Crippen molar-refractivity contribution in [2.24, 2.45) is 0 Å². The van der Waals surface area contributed by atoms with Crippen molar-refractivity contribution in [2.75, 3.05) is 29.6 Å². The number of nitro benzene ring substituents is 1. The Morgan fingerprint density at radius 2 is 1.68 bits per heavy atom. The van der Waals surface area contributed by atoms with Gasteiger partial charge in [0.15, 0.2) is 5.13 Å². The topological polar surface area (TPSA) is 147 Å². The number of anilines is 3. The van der Waals surface area contributed by atoms with Crippen LogP contribution in [0, 0.1) is 10.1 Å². The molecule has 0 saturated carbocycles. The molecule has 0 aliphatic heterocycles. The first-order chi connectivity index (χ1) is 24.1. The second-order valence-electron chi connectivity index (χ2n) is 11.2. The number of hydrogen-bond donors (Lipinski definition) is 3. The first kappa shape index (κ1) is 35.5. The maximum absolute atomic E-state index is 13.6. The van der Waals surface area contributed by atoms with Crippen molar-refractivity contribution < 1.29 is 19.3 Å². The summed E-state index contributed by atoms with van der Waals surface area (Å²) < 4.78 is 0. The molecular weight excluding hydrogens is 673 g/mol. The van der Waals surface area contributed by atoms with Crippen molar-refractivity contribution in [1.82, 2.24) is 10.3 Å². The molecular formula is C37H34N6O5S2. The van der Waals surface area contributed by atoms with E-state index in [0.29, 0.717) is 34.1 Å². The van der Waals surface area contributed by atoms with Crippen LogP contribution in [0.25, 0.3) is 17.3 Å². The molecule has 0 saturated heterocycles. The van der Waals surface area contributed by atoms with Crippen molar-refractivity contribution in [2.45, 2.75) is 23.5 Å². The van der Waals surface area contributed by atoms with E-state index in [1.807, 2.05) is 62.3 Å². The Bertz CT molecular complexity index is 2030. The zero-order chi connectivity index (χ0) is 35.6. The van der Waals surface area contributed by atoms with Crippen LogP contribution in [0.5, 0.6) is 0 Å². The molecule has 0 fully saturated rings. The van der Waals surface area contributed by atoms with Crippen LogP contribution in [0.15, 0.2) is 119 Å². The summed E-state index contributed by atoms with van der Waals surface area (Å²) >= 11 is 2.57. The zero-order valence-electron chi connectivity index (χ0n) is 27.5. The smallest absolute Gasteiger partial charge is 0.272 e. The molecule has 3 N–H and O–H groups in total. The minimum atomic E-state index is -0.513. The van der Waals surface area contributed by atoms with Crippen LogP contribution in [0.2, 0.25) is 0 Å². The third kappa shape index (κ3) is 9.43. The molecule has 0 spiro atoms. The van der Waals surface area contributed by atoms with E-state index in [0.717, 1.165) is 16.1 Å². The van der Waals surface area contributed by atoms with E-state index in [2.05, 4.69) is 20.9 Å². The van der Waals surface area contributed by atoms with Crippen molar-refractivity contribution in [3.8, 4) is 11.3 Å². The Morgan fingerprint density at radius 1 is 0.940 bits per heavy atom. The van der Waals surface area contributed by atoms with Gasteiger partial charge in [0.05, 0.1) is 15.9 Å². The molecule has 1 heterocycles. The number of thiazole rings is 1. The van der Waals surface area contributed by atoms with Gasteiger partial charge in [0, 0.05) is 59.0 Å². The molecule has 0 bridgehead atoms. The van der Waals surface area contributed by atoms with E-state index in [4.69, 9.17) is 0 Å². The minimum Gasteiger partial charge on any atom is -0.378 e. The number of nitrogens with zero attached hydrogens (tertiary/aromatic N) is 3. The van der Waals surface area contributed by atoms with Gasteiger partial charge in [-0.15, -0.1) is 23.1 Å². The highest BCUT2D eigenvalue weighted by molar-refractivity contribution is 8.00. The maximum Gasteiger partial charge on any atom is 0.272 e. The number of nitrogens with one attached hydrogen (secondary N) is 3. The predicted molar refractivity (Wildman–Crippen MR) is 200 cm³/mol. The van der Waals surface area contributed by atoms with Gasteiger partial charge in [0.25, 0.3) is 17.5 Å². The molecule has 11 nitrogen and oxygen atoms in total. The number of thioether (sulfide) groups is 1. The summed E-state index contributed by atoms with van der Waals surface area (Å²) in [7, 11) is 3.87. The summed E-state index contributed by atoms with van der Waals surface area (Å²) in [5.74, 6) is -1.18. The molecule has 1 aromatic heterocycles. The van der Waals surface area contributed by atoms with Crippen LogP contribution < -0.4 is 20.9 Å². The number of rotatable bonds is 13. The molecule has 13 heteroatoms. The van der Waals surface area contributed by atoms with Gasteiger partial charge in [-0.05, 0) is 60.5 Å². The lowest BCUT2D eigenvalue weighted by molar-refractivity contribution is -0.384. The zero-order valence-corrected chi connectivity index (χ0v) is 29.1. The second kappa shape index (κ2) is 16.5. The molecule has 50 heavy (non-hydrogen) atoms. The Balaban J connectivity index is 1.28. The highest BCUT2D eigenvalue weighted by atomic mass is 32.2. The number of amides is 3. The van der Waals surface area contributed by atoms with Gasteiger partial charge < -0.3 is 20.9 Å². The molecule has 5 rings (SSSR count). The molecule has 0 aliphatic carbocycles. The van der Waals surface area contributed by atoms with Crippen LogP contribution in [-0.2, 0) is 9.59 Å². The monoisotopic (exact) mass is 706 g/mol. The van der Waals surface area contributed by atoms with Crippen molar-refractivity contribution in [3.05, 3.63) is 135 Å². The molecule has 254 valence electrons. The van der Waals surface area contributed by atoms with Crippen LogP contribution in [0.4, 0.5) is 22.2 Å². The first-order valence-electron chi connectivity index (χ1n) is 15.5. The highest BCUT2D eigenvalue weighted by Crippen LogP contribution is 2.31. The van der Waals surface area contributed by atoms with E-state index in [1.165, 1.54) is 35.2 Å². The van der Waals surface area contributed by atoms with Crippen LogP contribution >= 0.6 is 23.1 Å². The lowest BCUT2D eigenvalue weighted by Gasteiger charge is -2.15. The number of carbonyl (C=O) groups is 3. The number of nitro groups is 1. The fraction of sp³-hybridized carbons (Fsp3) is 0.135. The summed E-state index contributed by atoms with van der Waals surface area (Å²) in [6.45, 7) is 1.90. The SMILES string of the molecule is CCC(Sc1cccc(NC(=O)/C(=C\c2ccc(N(C)C)cc2)NC(=O)c2ccccc2)c1)C(=O)Nc1nc(-c2cccc([N+](=O)[O-])c2)cs1. The van der Waals surface area contributed by atoms with E-state index in [-0.39, 0.29) is 17.3 Å². The highest BCUT2D eigenvalue weighted by Gasteiger charge is 2.21. The normalized spacial score (nSPS) is 11.7. The molecule has 5 aromatic rings. The number of aromatic nitrogens is 1. The van der Waals surface area contributed by atoms with Crippen LogP contribution in [-0.4, -0.2) is 47.0 Å². The average Bonchev–Trinajstić information content (AvgIpc) is 3.59. The third-order valence-electron chi connectivity index (χ3n) is 7.37. The van der Waals surface area contributed by atoms with Gasteiger partial charge in [-0.3, -0.25) is 24.5 Å². The maximum atomic E-state index is 13.6. The fourth-order valence-electron chi connectivity index (χ4n) is 4.74. The quantitative estimate of drug-likeness (QED) is 0.0489. The Kier molecular flexibility index (Phi) is 11.8. The molecule has 1 atom stereocenters. The fourth-order valence-corrected chi connectivity index (χ4v) is 6.47. The van der Waals surface area contributed by atoms with E-state index in [1.54, 1.807) is 66.1 Å². The average molecular weight is 707 g/mol. The third-order valence-corrected chi connectivity index (χ3v) is 9.49. The molecule has 1 unspecified atom stereocenters. The van der Waals surface area contributed by atoms with Gasteiger partial charge in [-0.1, -0.05) is 55.5 Å².